The third kappa shape index (κ3) is 4.38. The minimum Gasteiger partial charge on any atom is -0.379 e. The van der Waals surface area contributed by atoms with E-state index in [2.05, 4.69) is 52.9 Å². The average Bonchev–Trinajstić information content (AvgIpc) is 2.57. The molecule has 0 radical (unpaired) electrons. The summed E-state index contributed by atoms with van der Waals surface area (Å²) in [5, 5.41) is 3.67. The van der Waals surface area contributed by atoms with Crippen LogP contribution in [0.4, 0.5) is 0 Å². The molecule has 1 heterocycles. The summed E-state index contributed by atoms with van der Waals surface area (Å²) in [5.41, 5.74) is 1.37. The van der Waals surface area contributed by atoms with Gasteiger partial charge in [-0.2, -0.15) is 0 Å². The van der Waals surface area contributed by atoms with Crippen molar-refractivity contribution >= 4 is 11.3 Å². The van der Waals surface area contributed by atoms with E-state index in [0.717, 1.165) is 6.42 Å². The lowest BCUT2D eigenvalue weighted by molar-refractivity contribution is 0.00782. The van der Waals surface area contributed by atoms with Gasteiger partial charge in [0.15, 0.2) is 0 Å². The van der Waals surface area contributed by atoms with Crippen molar-refractivity contribution in [2.45, 2.75) is 65.6 Å². The topological polar surface area (TPSA) is 21.3 Å². The first-order chi connectivity index (χ1) is 8.25. The Balaban J connectivity index is 2.59. The molecule has 2 nitrogen and oxygen atoms in total. The molecule has 0 aliphatic rings. The molecule has 0 spiro atoms. The number of thiophene rings is 1. The van der Waals surface area contributed by atoms with Gasteiger partial charge in [0.1, 0.15) is 0 Å². The molecule has 3 heteroatoms. The summed E-state index contributed by atoms with van der Waals surface area (Å²) in [6.07, 6.45) is 1.01. The van der Waals surface area contributed by atoms with Crippen LogP contribution < -0.4 is 5.32 Å². The van der Waals surface area contributed by atoms with Crippen LogP contribution in [0, 0.1) is 13.8 Å². The highest BCUT2D eigenvalue weighted by molar-refractivity contribution is 7.12. The van der Waals surface area contributed by atoms with E-state index in [1.807, 2.05) is 11.3 Å². The second-order valence-electron chi connectivity index (χ2n) is 5.83. The number of hydrogen-bond donors (Lipinski definition) is 1. The second kappa shape index (κ2) is 6.18. The van der Waals surface area contributed by atoms with E-state index in [9.17, 15) is 0 Å². The molecule has 2 unspecified atom stereocenters. The van der Waals surface area contributed by atoms with Crippen molar-refractivity contribution in [2.24, 2.45) is 0 Å². The number of nitrogens with one attached hydrogen (secondary N) is 1. The highest BCUT2D eigenvalue weighted by Crippen LogP contribution is 2.27. The summed E-state index contributed by atoms with van der Waals surface area (Å²) in [4.78, 5) is 2.81. The Morgan fingerprint density at radius 1 is 1.33 bits per heavy atom. The van der Waals surface area contributed by atoms with Gasteiger partial charge in [-0.3, -0.25) is 0 Å². The Morgan fingerprint density at radius 3 is 2.39 bits per heavy atom. The summed E-state index contributed by atoms with van der Waals surface area (Å²) in [7, 11) is 1.78. The van der Waals surface area contributed by atoms with Crippen LogP contribution in [0.3, 0.4) is 0 Å². The van der Waals surface area contributed by atoms with E-state index in [1.54, 1.807) is 7.11 Å². The molecule has 2 atom stereocenters. The normalized spacial score (nSPS) is 15.7. The van der Waals surface area contributed by atoms with Crippen LogP contribution in [0.25, 0.3) is 0 Å². The maximum absolute atomic E-state index is 5.49. The first-order valence-electron chi connectivity index (χ1n) is 6.63. The van der Waals surface area contributed by atoms with Crippen LogP contribution in [-0.2, 0) is 4.74 Å². The van der Waals surface area contributed by atoms with Gasteiger partial charge in [-0.1, -0.05) is 0 Å². The smallest absolute Gasteiger partial charge is 0.0637 e. The second-order valence-corrected chi connectivity index (χ2v) is 7.29. The molecule has 1 aromatic rings. The zero-order valence-corrected chi connectivity index (χ0v) is 13.6. The molecule has 0 amide bonds. The van der Waals surface area contributed by atoms with Crippen molar-refractivity contribution in [1.82, 2.24) is 5.32 Å². The van der Waals surface area contributed by atoms with Crippen molar-refractivity contribution in [3.63, 3.8) is 0 Å². The molecule has 0 aliphatic heterocycles. The Kier molecular flexibility index (Phi) is 5.38. The van der Waals surface area contributed by atoms with E-state index < -0.39 is 0 Å². The van der Waals surface area contributed by atoms with Crippen molar-refractivity contribution in [2.75, 3.05) is 7.11 Å². The number of aryl methyl sites for hydroxylation is 2. The summed E-state index contributed by atoms with van der Waals surface area (Å²) >= 11 is 1.88. The molecule has 1 N–H and O–H groups in total. The fraction of sp³-hybridized carbons (Fsp3) is 0.733. The minimum absolute atomic E-state index is 0.0637. The maximum Gasteiger partial charge on any atom is 0.0637 e. The Labute approximate surface area is 116 Å². The number of rotatable bonds is 6. The summed E-state index contributed by atoms with van der Waals surface area (Å²) < 4.78 is 5.49. The van der Waals surface area contributed by atoms with Gasteiger partial charge in [-0.05, 0) is 59.6 Å². The average molecular weight is 269 g/mol. The number of hydrogen-bond acceptors (Lipinski definition) is 3. The van der Waals surface area contributed by atoms with Crippen LogP contribution >= 0.6 is 11.3 Å². The summed E-state index contributed by atoms with van der Waals surface area (Å²) in [6.45, 7) is 13.1. The third-order valence-electron chi connectivity index (χ3n) is 3.43. The molecule has 0 saturated heterocycles. The third-order valence-corrected chi connectivity index (χ3v) is 4.41. The van der Waals surface area contributed by atoms with E-state index in [0.29, 0.717) is 12.1 Å². The highest BCUT2D eigenvalue weighted by atomic mass is 32.1. The van der Waals surface area contributed by atoms with Crippen LogP contribution in [0.1, 0.15) is 55.5 Å². The maximum atomic E-state index is 5.49. The lowest BCUT2D eigenvalue weighted by Gasteiger charge is -2.29. The monoisotopic (exact) mass is 269 g/mol. The fourth-order valence-electron chi connectivity index (χ4n) is 2.48. The molecular formula is C15H27NOS. The van der Waals surface area contributed by atoms with Gasteiger partial charge in [0.05, 0.1) is 5.60 Å². The number of methoxy groups -OCH3 is 1. The van der Waals surface area contributed by atoms with Crippen LogP contribution in [0.2, 0.25) is 0 Å². The standard InChI is InChI=1S/C15H27NOS/c1-10(9-15(5,6)17-7)16-12(3)14-8-11(2)18-13(14)4/h8,10,12,16H,9H2,1-7H3. The van der Waals surface area contributed by atoms with Crippen LogP contribution in [-0.4, -0.2) is 18.8 Å². The molecule has 1 aromatic heterocycles. The molecule has 0 saturated carbocycles. The van der Waals surface area contributed by atoms with Gasteiger partial charge in [0.2, 0.25) is 0 Å². The first-order valence-corrected chi connectivity index (χ1v) is 7.45. The molecule has 104 valence electrons. The van der Waals surface area contributed by atoms with E-state index in [-0.39, 0.29) is 5.60 Å². The van der Waals surface area contributed by atoms with Crippen molar-refractivity contribution in [3.8, 4) is 0 Å². The lowest BCUT2D eigenvalue weighted by atomic mass is 9.98. The van der Waals surface area contributed by atoms with E-state index >= 15 is 0 Å². The van der Waals surface area contributed by atoms with Crippen molar-refractivity contribution < 1.29 is 4.74 Å². The van der Waals surface area contributed by atoms with Gasteiger partial charge >= 0.3 is 0 Å². The first kappa shape index (κ1) is 15.7. The van der Waals surface area contributed by atoms with Gasteiger partial charge < -0.3 is 10.1 Å². The zero-order valence-electron chi connectivity index (χ0n) is 12.8. The van der Waals surface area contributed by atoms with Crippen molar-refractivity contribution in [3.05, 3.63) is 21.4 Å². The van der Waals surface area contributed by atoms with Gasteiger partial charge in [0, 0.05) is 28.9 Å². The van der Waals surface area contributed by atoms with Crippen molar-refractivity contribution in [1.29, 1.82) is 0 Å². The predicted molar refractivity (Wildman–Crippen MR) is 80.5 cm³/mol. The highest BCUT2D eigenvalue weighted by Gasteiger charge is 2.22. The van der Waals surface area contributed by atoms with Crippen LogP contribution in [0.5, 0.6) is 0 Å². The van der Waals surface area contributed by atoms with E-state index in [1.165, 1.54) is 15.3 Å². The Morgan fingerprint density at radius 2 is 1.94 bits per heavy atom. The Hall–Kier alpha value is -0.380. The Bertz CT molecular complexity index is 384. The predicted octanol–water partition coefficient (Wildman–Crippen LogP) is 4.22. The van der Waals surface area contributed by atoms with Gasteiger partial charge in [-0.15, -0.1) is 11.3 Å². The van der Waals surface area contributed by atoms with Gasteiger partial charge in [0.25, 0.3) is 0 Å². The van der Waals surface area contributed by atoms with E-state index in [4.69, 9.17) is 4.74 Å². The zero-order chi connectivity index (χ0) is 13.9. The molecule has 0 bridgehead atoms. The SMILES string of the molecule is COC(C)(C)CC(C)NC(C)c1cc(C)sc1C. The quantitative estimate of drug-likeness (QED) is 0.835. The molecule has 0 aliphatic carbocycles. The molecule has 0 aromatic carbocycles. The molecule has 18 heavy (non-hydrogen) atoms. The van der Waals surface area contributed by atoms with Gasteiger partial charge in [-0.25, -0.2) is 0 Å². The van der Waals surface area contributed by atoms with Crippen LogP contribution in [0.15, 0.2) is 6.07 Å². The number of ether oxygens (including phenoxy) is 1. The largest absolute Gasteiger partial charge is 0.379 e. The fourth-order valence-corrected chi connectivity index (χ4v) is 3.50. The molecule has 1 rings (SSSR count). The molecular weight excluding hydrogens is 242 g/mol. The minimum atomic E-state index is -0.0637. The lowest BCUT2D eigenvalue weighted by Crippen LogP contribution is -2.36. The summed E-state index contributed by atoms with van der Waals surface area (Å²) in [5.74, 6) is 0. The summed E-state index contributed by atoms with van der Waals surface area (Å²) in [6, 6.07) is 3.14. The molecule has 0 fully saturated rings.